The van der Waals surface area contributed by atoms with Crippen molar-refractivity contribution in [2.24, 2.45) is 29.6 Å². The van der Waals surface area contributed by atoms with Crippen molar-refractivity contribution in [3.05, 3.63) is 78.9 Å². The fourth-order valence-corrected chi connectivity index (χ4v) is 4.73. The molecule has 0 radical (unpaired) electrons. The van der Waals surface area contributed by atoms with E-state index in [0.717, 1.165) is 11.3 Å². The first-order valence-corrected chi connectivity index (χ1v) is 13.2. The third-order valence-electron chi connectivity index (χ3n) is 7.12. The smallest absolute Gasteiger partial charge is 0.406 e. The van der Waals surface area contributed by atoms with Gasteiger partial charge >= 0.3 is 6.09 Å². The quantitative estimate of drug-likeness (QED) is 0.109. The molecule has 0 aliphatic rings. The van der Waals surface area contributed by atoms with E-state index in [1.807, 2.05) is 76.3 Å². The average Bonchev–Trinajstić information content (AvgIpc) is 2.87. The van der Waals surface area contributed by atoms with Crippen molar-refractivity contribution in [2.45, 2.75) is 65.9 Å². The molecule has 0 aromatic heterocycles. The first kappa shape index (κ1) is 33.2. The van der Waals surface area contributed by atoms with Crippen LogP contribution in [0.25, 0.3) is 0 Å². The van der Waals surface area contributed by atoms with Gasteiger partial charge in [0.1, 0.15) is 12.4 Å². The maximum absolute atomic E-state index is 11.4. The Morgan fingerprint density at radius 2 is 1.68 bits per heavy atom. The predicted molar refractivity (Wildman–Crippen MR) is 153 cm³/mol. The Labute approximate surface area is 228 Å². The molecule has 1 amide bonds. The molecule has 5 N–H and O–H groups in total. The third-order valence-corrected chi connectivity index (χ3v) is 7.12. The number of amides is 1. The van der Waals surface area contributed by atoms with E-state index in [9.17, 15) is 25.2 Å². The van der Waals surface area contributed by atoms with Gasteiger partial charge in [0, 0.05) is 23.7 Å². The molecule has 7 heteroatoms. The number of allylic oxidation sites excluding steroid dienone is 3. The molecule has 212 valence electrons. The van der Waals surface area contributed by atoms with E-state index in [1.54, 1.807) is 32.1 Å². The first-order valence-electron chi connectivity index (χ1n) is 13.2. The zero-order valence-electron chi connectivity index (χ0n) is 23.6. The van der Waals surface area contributed by atoms with Gasteiger partial charge in [-0.15, -0.1) is 0 Å². The second-order valence-electron chi connectivity index (χ2n) is 10.4. The van der Waals surface area contributed by atoms with Crippen molar-refractivity contribution in [1.82, 2.24) is 5.32 Å². The largest absolute Gasteiger partial charge is 0.490 e. The van der Waals surface area contributed by atoms with Crippen LogP contribution in [0.5, 0.6) is 5.75 Å². The van der Waals surface area contributed by atoms with Gasteiger partial charge in [-0.3, -0.25) is 5.32 Å². The van der Waals surface area contributed by atoms with Gasteiger partial charge in [0.05, 0.1) is 12.2 Å². The summed E-state index contributed by atoms with van der Waals surface area (Å²) in [6.07, 6.45) is 8.25. The number of carbonyl (C=O) groups is 1. The molecule has 1 aromatic carbocycles. The lowest BCUT2D eigenvalue weighted by atomic mass is 9.77. The summed E-state index contributed by atoms with van der Waals surface area (Å²) in [4.78, 5) is 11.4. The Hall–Kier alpha value is -2.87. The van der Waals surface area contributed by atoms with E-state index in [0.29, 0.717) is 13.0 Å². The predicted octanol–water partition coefficient (Wildman–Crippen LogP) is 5.56. The Bertz CT molecular complexity index is 943. The molecule has 1 aromatic rings. The summed E-state index contributed by atoms with van der Waals surface area (Å²) in [6, 6.07) is 9.55. The first-order chi connectivity index (χ1) is 17.8. The van der Waals surface area contributed by atoms with Crippen LogP contribution in [0, 0.1) is 29.6 Å². The molecule has 0 bridgehead atoms. The molecule has 0 spiro atoms. The normalized spacial score (nSPS) is 19.7. The summed E-state index contributed by atoms with van der Waals surface area (Å²) >= 11 is 0. The highest BCUT2D eigenvalue weighted by molar-refractivity contribution is 5.65. The number of para-hydroxylation sites is 1. The van der Waals surface area contributed by atoms with Gasteiger partial charge < -0.3 is 25.2 Å². The van der Waals surface area contributed by atoms with E-state index in [2.05, 4.69) is 11.9 Å². The molecule has 0 aliphatic heterocycles. The third kappa shape index (κ3) is 10.5. The molecule has 38 heavy (non-hydrogen) atoms. The molecular weight excluding hydrogens is 482 g/mol. The van der Waals surface area contributed by atoms with Crippen LogP contribution in [-0.4, -0.2) is 51.1 Å². The van der Waals surface area contributed by atoms with Crippen LogP contribution < -0.4 is 10.1 Å². The van der Waals surface area contributed by atoms with Crippen molar-refractivity contribution in [1.29, 1.82) is 0 Å². The number of hydrogen-bond acceptors (Lipinski definition) is 5. The van der Waals surface area contributed by atoms with Crippen LogP contribution in [0.3, 0.4) is 0 Å². The summed E-state index contributed by atoms with van der Waals surface area (Å²) in [5.74, 6) is -1.08. The Morgan fingerprint density at radius 3 is 2.26 bits per heavy atom. The zero-order chi connectivity index (χ0) is 28.9. The van der Waals surface area contributed by atoms with Crippen molar-refractivity contribution in [3.63, 3.8) is 0 Å². The van der Waals surface area contributed by atoms with Gasteiger partial charge in [-0.1, -0.05) is 101 Å². The number of benzene rings is 1. The van der Waals surface area contributed by atoms with Crippen molar-refractivity contribution in [2.75, 3.05) is 6.61 Å². The standard InChI is InChI=1S/C31H47NO6/c1-8-9-15-25(6)31(37,32-30(35)36)26(7)29(34)24(5)20-21(2)19-23(4)28(33)22(3)14-13-18-38-27-16-11-10-12-17-27/h8-17,19,22-26,28-29,32-34,37H,1,18,20H2,2-7H3,(H,35,36)/t22?,23?,24-,25-,26-,28?,29+,31-/m0/s1. The van der Waals surface area contributed by atoms with Crippen LogP contribution >= 0.6 is 0 Å². The average molecular weight is 530 g/mol. The summed E-state index contributed by atoms with van der Waals surface area (Å²) in [5.41, 5.74) is -0.875. The molecule has 0 fully saturated rings. The Balaban J connectivity index is 2.77. The summed E-state index contributed by atoms with van der Waals surface area (Å²) in [5, 5.41) is 44.6. The van der Waals surface area contributed by atoms with Gasteiger partial charge in [-0.2, -0.15) is 0 Å². The number of nitrogens with one attached hydrogen (secondary N) is 1. The second kappa shape index (κ2) is 16.2. The van der Waals surface area contributed by atoms with Gasteiger partial charge in [-0.25, -0.2) is 4.79 Å². The maximum Gasteiger partial charge on any atom is 0.406 e. The zero-order valence-corrected chi connectivity index (χ0v) is 23.6. The minimum absolute atomic E-state index is 0.0846. The molecular formula is C31H47NO6. The molecule has 1 rings (SSSR count). The fourth-order valence-electron chi connectivity index (χ4n) is 4.73. The lowest BCUT2D eigenvalue weighted by Crippen LogP contribution is -2.60. The van der Waals surface area contributed by atoms with E-state index >= 15 is 0 Å². The van der Waals surface area contributed by atoms with Crippen LogP contribution in [0.15, 0.2) is 78.9 Å². The number of aliphatic hydroxyl groups excluding tert-OH is 2. The highest BCUT2D eigenvalue weighted by Gasteiger charge is 2.44. The Kier molecular flexibility index (Phi) is 14.1. The van der Waals surface area contributed by atoms with E-state index in [-0.39, 0.29) is 17.8 Å². The molecule has 0 saturated carbocycles. The highest BCUT2D eigenvalue weighted by atomic mass is 16.5. The Morgan fingerprint density at radius 1 is 1.05 bits per heavy atom. The second-order valence-corrected chi connectivity index (χ2v) is 10.4. The summed E-state index contributed by atoms with van der Waals surface area (Å²) in [7, 11) is 0. The lowest BCUT2D eigenvalue weighted by Gasteiger charge is -2.41. The number of rotatable bonds is 16. The highest BCUT2D eigenvalue weighted by Crippen LogP contribution is 2.32. The molecule has 7 nitrogen and oxygen atoms in total. The SMILES string of the molecule is C=CC=C[C@H](C)[C@@](O)(NC(=O)O)[C@@H](C)[C@H](O)[C@@H](C)CC(C)=CC(C)C(O)C(C)C=CCOc1ccccc1. The molecule has 0 saturated heterocycles. The molecule has 8 atom stereocenters. The van der Waals surface area contributed by atoms with Crippen molar-refractivity contribution < 1.29 is 30.0 Å². The summed E-state index contributed by atoms with van der Waals surface area (Å²) in [6.45, 7) is 15.1. The summed E-state index contributed by atoms with van der Waals surface area (Å²) < 4.78 is 5.66. The number of aliphatic hydroxyl groups is 3. The van der Waals surface area contributed by atoms with Gasteiger partial charge in [0.15, 0.2) is 5.72 Å². The van der Waals surface area contributed by atoms with E-state index in [4.69, 9.17) is 4.74 Å². The fraction of sp³-hybridized carbons (Fsp3) is 0.516. The van der Waals surface area contributed by atoms with Gasteiger partial charge in [0.2, 0.25) is 0 Å². The number of carboxylic acid groups (broad SMARTS) is 1. The van der Waals surface area contributed by atoms with Crippen LogP contribution in [-0.2, 0) is 0 Å². The number of hydrogen-bond donors (Lipinski definition) is 5. The van der Waals surface area contributed by atoms with E-state index < -0.39 is 35.9 Å². The van der Waals surface area contributed by atoms with Crippen LogP contribution in [0.4, 0.5) is 4.79 Å². The van der Waals surface area contributed by atoms with Crippen LogP contribution in [0.2, 0.25) is 0 Å². The van der Waals surface area contributed by atoms with Crippen molar-refractivity contribution in [3.8, 4) is 5.75 Å². The monoisotopic (exact) mass is 529 g/mol. The topological polar surface area (TPSA) is 119 Å². The number of ether oxygens (including phenoxy) is 1. The minimum Gasteiger partial charge on any atom is -0.490 e. The van der Waals surface area contributed by atoms with Crippen LogP contribution in [0.1, 0.15) is 48.0 Å². The molecule has 0 aliphatic carbocycles. The molecule has 3 unspecified atom stereocenters. The maximum atomic E-state index is 11.4. The van der Waals surface area contributed by atoms with E-state index in [1.165, 1.54) is 0 Å². The van der Waals surface area contributed by atoms with Gasteiger partial charge in [-0.05, 0) is 31.4 Å². The lowest BCUT2D eigenvalue weighted by molar-refractivity contribution is -0.116. The molecule has 0 heterocycles. The van der Waals surface area contributed by atoms with Crippen molar-refractivity contribution >= 4 is 6.09 Å². The van der Waals surface area contributed by atoms with Gasteiger partial charge in [0.25, 0.3) is 0 Å². The minimum atomic E-state index is -1.87.